The van der Waals surface area contributed by atoms with Gasteiger partial charge in [-0.15, -0.1) is 0 Å². The molecule has 2 aliphatic rings. The lowest BCUT2D eigenvalue weighted by atomic mass is 9.86. The van der Waals surface area contributed by atoms with Crippen LogP contribution in [0.1, 0.15) is 41.0 Å². The first-order valence-electron chi connectivity index (χ1n) is 10.8. The molecule has 2 aromatic carbocycles. The van der Waals surface area contributed by atoms with E-state index in [-0.39, 0.29) is 23.9 Å². The predicted octanol–water partition coefficient (Wildman–Crippen LogP) is 5.40. The first-order chi connectivity index (χ1) is 15.4. The van der Waals surface area contributed by atoms with E-state index in [1.165, 1.54) is 6.20 Å². The summed E-state index contributed by atoms with van der Waals surface area (Å²) < 4.78 is 38.3. The molecule has 0 N–H and O–H groups in total. The van der Waals surface area contributed by atoms with Gasteiger partial charge in [-0.2, -0.15) is 13.2 Å². The van der Waals surface area contributed by atoms with Crippen LogP contribution in [0.2, 0.25) is 0 Å². The van der Waals surface area contributed by atoms with Crippen molar-refractivity contribution < 1.29 is 18.0 Å². The lowest BCUT2D eigenvalue weighted by Gasteiger charge is -2.25. The van der Waals surface area contributed by atoms with Crippen molar-refractivity contribution >= 4 is 5.91 Å². The zero-order valence-electron chi connectivity index (χ0n) is 17.3. The monoisotopic (exact) mass is 437 g/mol. The first-order valence-corrected chi connectivity index (χ1v) is 10.8. The predicted molar refractivity (Wildman–Crippen MR) is 114 cm³/mol. The lowest BCUT2D eigenvalue weighted by Crippen LogP contribution is -2.37. The first kappa shape index (κ1) is 20.7. The Morgan fingerprint density at radius 1 is 0.969 bits per heavy atom. The fourth-order valence-corrected chi connectivity index (χ4v) is 5.20. The van der Waals surface area contributed by atoms with Crippen molar-refractivity contribution in [3.8, 4) is 11.1 Å². The van der Waals surface area contributed by atoms with Gasteiger partial charge >= 0.3 is 6.18 Å². The number of carbonyl (C=O) groups excluding carboxylic acids is 1. The number of carbonyl (C=O) groups is 1. The molecule has 164 valence electrons. The average molecular weight is 437 g/mol. The Morgan fingerprint density at radius 2 is 1.72 bits per heavy atom. The molecular weight excluding hydrogens is 415 g/mol. The quantitative estimate of drug-likeness (QED) is 0.549. The highest BCUT2D eigenvalue weighted by atomic mass is 19.4. The van der Waals surface area contributed by atoms with Gasteiger partial charge in [-0.25, -0.2) is 4.98 Å². The number of alkyl halides is 3. The van der Waals surface area contributed by atoms with E-state index in [4.69, 9.17) is 0 Å². The van der Waals surface area contributed by atoms with Gasteiger partial charge in [0, 0.05) is 23.8 Å². The van der Waals surface area contributed by atoms with Gasteiger partial charge in [0.15, 0.2) is 5.69 Å². The Morgan fingerprint density at radius 3 is 2.44 bits per heavy atom. The molecule has 1 amide bonds. The maximum Gasteiger partial charge on any atom is 0.434 e. The normalized spacial score (nSPS) is 22.3. The van der Waals surface area contributed by atoms with Gasteiger partial charge in [-0.1, -0.05) is 48.5 Å². The molecular formula is C25H22F3N3O. The van der Waals surface area contributed by atoms with Crippen LogP contribution in [0.5, 0.6) is 0 Å². The minimum absolute atomic E-state index is 0.0259. The summed E-state index contributed by atoms with van der Waals surface area (Å²) in [5.41, 5.74) is 2.15. The molecule has 3 atom stereocenters. The lowest BCUT2D eigenvalue weighted by molar-refractivity contribution is -0.141. The van der Waals surface area contributed by atoms with E-state index in [2.05, 4.69) is 9.97 Å². The smallest absolute Gasteiger partial charge is 0.332 e. The molecule has 4 nitrogen and oxygen atoms in total. The molecule has 32 heavy (non-hydrogen) atoms. The van der Waals surface area contributed by atoms with Gasteiger partial charge in [0.25, 0.3) is 5.91 Å². The van der Waals surface area contributed by atoms with Crippen molar-refractivity contribution in [2.45, 2.75) is 43.9 Å². The van der Waals surface area contributed by atoms with Crippen LogP contribution in [0.25, 0.3) is 11.1 Å². The summed E-state index contributed by atoms with van der Waals surface area (Å²) in [4.78, 5) is 23.2. The molecule has 7 heteroatoms. The van der Waals surface area contributed by atoms with Crippen molar-refractivity contribution in [1.29, 1.82) is 0 Å². The second kappa shape index (κ2) is 8.04. The van der Waals surface area contributed by atoms with E-state index >= 15 is 0 Å². The highest BCUT2D eigenvalue weighted by Gasteiger charge is 2.48. The number of nitrogens with zero attached hydrogens (tertiary/aromatic N) is 3. The number of hydrogen-bond acceptors (Lipinski definition) is 3. The molecule has 2 fully saturated rings. The topological polar surface area (TPSA) is 46.1 Å². The van der Waals surface area contributed by atoms with Crippen LogP contribution in [0, 0.1) is 5.92 Å². The van der Waals surface area contributed by atoms with Crippen LogP contribution in [0.4, 0.5) is 13.2 Å². The van der Waals surface area contributed by atoms with E-state index in [0.717, 1.165) is 36.6 Å². The Kier molecular flexibility index (Phi) is 5.19. The number of amides is 1. The van der Waals surface area contributed by atoms with Crippen LogP contribution < -0.4 is 0 Å². The molecule has 0 saturated carbocycles. The number of aromatic nitrogens is 2. The summed E-state index contributed by atoms with van der Waals surface area (Å²) in [7, 11) is 0. The van der Waals surface area contributed by atoms with Crippen molar-refractivity contribution in [2.24, 2.45) is 5.92 Å². The van der Waals surface area contributed by atoms with Gasteiger partial charge in [-0.05, 0) is 48.8 Å². The number of benzene rings is 2. The molecule has 0 radical (unpaired) electrons. The van der Waals surface area contributed by atoms with Gasteiger partial charge in [0.1, 0.15) is 0 Å². The largest absolute Gasteiger partial charge is 0.434 e. The summed E-state index contributed by atoms with van der Waals surface area (Å²) >= 11 is 0. The fraction of sp³-hybridized carbons (Fsp3) is 0.320. The minimum atomic E-state index is -4.49. The number of fused-ring (bicyclic) bond motifs is 2. The van der Waals surface area contributed by atoms with E-state index in [1.54, 1.807) is 0 Å². The Balaban J connectivity index is 1.36. The second-order valence-corrected chi connectivity index (χ2v) is 8.51. The van der Waals surface area contributed by atoms with Gasteiger partial charge in [0.05, 0.1) is 11.9 Å². The van der Waals surface area contributed by atoms with Crippen molar-refractivity contribution in [1.82, 2.24) is 14.9 Å². The molecule has 0 spiro atoms. The Bertz CT molecular complexity index is 1120. The third-order valence-electron chi connectivity index (χ3n) is 6.61. The Labute approximate surface area is 184 Å². The van der Waals surface area contributed by atoms with Crippen LogP contribution in [0.3, 0.4) is 0 Å². The third kappa shape index (κ3) is 3.76. The number of hydrogen-bond donors (Lipinski definition) is 0. The summed E-state index contributed by atoms with van der Waals surface area (Å²) in [6.45, 7) is 0. The standard InChI is InChI=1S/C25H22F3N3O/c26-25(27,28)23-15-29-18(14-30-23)12-17-13-19-10-11-22(17)31(19)24(32)21-9-5-4-8-20(21)16-6-2-1-3-7-16/h1-9,14-15,17,19,22H,10-13H2. The SMILES string of the molecule is O=C(c1ccccc1-c1ccccc1)N1C2CCC1C(Cc1cnc(C(F)(F)F)cn1)C2. The van der Waals surface area contributed by atoms with Crippen LogP contribution in [-0.2, 0) is 12.6 Å². The molecule has 2 bridgehead atoms. The summed E-state index contributed by atoms with van der Waals surface area (Å²) in [5.74, 6) is 0.200. The van der Waals surface area contributed by atoms with Crippen LogP contribution in [-0.4, -0.2) is 32.9 Å². The molecule has 2 saturated heterocycles. The van der Waals surface area contributed by atoms with Gasteiger partial charge in [-0.3, -0.25) is 9.78 Å². The van der Waals surface area contributed by atoms with Crippen molar-refractivity contribution in [3.05, 3.63) is 83.9 Å². The third-order valence-corrected chi connectivity index (χ3v) is 6.61. The van der Waals surface area contributed by atoms with Crippen molar-refractivity contribution in [3.63, 3.8) is 0 Å². The van der Waals surface area contributed by atoms with Gasteiger partial charge in [0.2, 0.25) is 0 Å². The molecule has 5 rings (SSSR count). The molecule has 3 aromatic rings. The molecule has 0 aliphatic carbocycles. The molecule has 1 aromatic heterocycles. The molecule has 2 aliphatic heterocycles. The summed E-state index contributed by atoms with van der Waals surface area (Å²) in [6, 6.07) is 17.7. The second-order valence-electron chi connectivity index (χ2n) is 8.51. The van der Waals surface area contributed by atoms with Crippen LogP contribution in [0.15, 0.2) is 67.0 Å². The highest BCUT2D eigenvalue weighted by Crippen LogP contribution is 2.44. The fourth-order valence-electron chi connectivity index (χ4n) is 5.20. The van der Waals surface area contributed by atoms with E-state index in [0.29, 0.717) is 17.7 Å². The highest BCUT2D eigenvalue weighted by molar-refractivity contribution is 6.01. The zero-order chi connectivity index (χ0) is 22.3. The Hall–Kier alpha value is -3.22. The molecule has 3 heterocycles. The van der Waals surface area contributed by atoms with E-state index in [1.807, 2.05) is 59.5 Å². The van der Waals surface area contributed by atoms with Gasteiger partial charge < -0.3 is 4.90 Å². The van der Waals surface area contributed by atoms with E-state index in [9.17, 15) is 18.0 Å². The van der Waals surface area contributed by atoms with Crippen LogP contribution >= 0.6 is 0 Å². The maximum atomic E-state index is 13.6. The summed E-state index contributed by atoms with van der Waals surface area (Å²) in [6.07, 6.45) is 0.741. The zero-order valence-corrected chi connectivity index (χ0v) is 17.3. The average Bonchev–Trinajstić information content (AvgIpc) is 3.37. The minimum Gasteiger partial charge on any atom is -0.332 e. The van der Waals surface area contributed by atoms with Crippen molar-refractivity contribution in [2.75, 3.05) is 0 Å². The van der Waals surface area contributed by atoms with E-state index < -0.39 is 11.9 Å². The number of rotatable bonds is 4. The maximum absolute atomic E-state index is 13.6. The number of halogens is 3. The summed E-state index contributed by atoms with van der Waals surface area (Å²) in [5, 5.41) is 0. The molecule has 3 unspecified atom stereocenters.